The highest BCUT2D eigenvalue weighted by Crippen LogP contribution is 2.07. The van der Waals surface area contributed by atoms with Crippen molar-refractivity contribution in [3.8, 4) is 0 Å². The van der Waals surface area contributed by atoms with Crippen molar-refractivity contribution in [3.05, 3.63) is 0 Å². The first-order chi connectivity index (χ1) is 7.74. The molecule has 0 saturated heterocycles. The van der Waals surface area contributed by atoms with Crippen molar-refractivity contribution < 1.29 is 19.4 Å². The van der Waals surface area contributed by atoms with Gasteiger partial charge in [-0.3, -0.25) is 9.59 Å². The number of hydrogen-bond donors (Lipinski definition) is 2. The first-order valence-electron chi connectivity index (χ1n) is 5.87. The van der Waals surface area contributed by atoms with Crippen LogP contribution in [0.2, 0.25) is 0 Å². The van der Waals surface area contributed by atoms with Crippen molar-refractivity contribution >= 4 is 11.9 Å². The summed E-state index contributed by atoms with van der Waals surface area (Å²) in [6.07, 6.45) is 0.809. The van der Waals surface area contributed by atoms with Crippen molar-refractivity contribution in [2.75, 3.05) is 13.2 Å². The summed E-state index contributed by atoms with van der Waals surface area (Å²) in [5.74, 6) is -1.06. The number of nitrogens with one attached hydrogen (secondary N) is 1. The molecule has 0 bridgehead atoms. The van der Waals surface area contributed by atoms with Gasteiger partial charge in [0.15, 0.2) is 0 Å². The van der Waals surface area contributed by atoms with E-state index in [1.165, 1.54) is 0 Å². The Hall–Kier alpha value is -1.10. The predicted molar refractivity (Wildman–Crippen MR) is 64.7 cm³/mol. The topological polar surface area (TPSA) is 75.6 Å². The van der Waals surface area contributed by atoms with Crippen LogP contribution < -0.4 is 5.32 Å². The van der Waals surface area contributed by atoms with Gasteiger partial charge in [-0.05, 0) is 26.7 Å². The van der Waals surface area contributed by atoms with Gasteiger partial charge in [-0.15, -0.1) is 0 Å². The van der Waals surface area contributed by atoms with E-state index in [0.29, 0.717) is 6.54 Å². The van der Waals surface area contributed by atoms with Crippen LogP contribution in [0.1, 0.15) is 40.5 Å². The fraction of sp³-hybridized carbons (Fsp3) is 0.833. The average molecular weight is 245 g/mol. The van der Waals surface area contributed by atoms with Crippen molar-refractivity contribution in [1.82, 2.24) is 5.32 Å². The summed E-state index contributed by atoms with van der Waals surface area (Å²) < 4.78 is 5.31. The van der Waals surface area contributed by atoms with Crippen molar-refractivity contribution in [1.29, 1.82) is 0 Å². The molecule has 0 aromatic carbocycles. The smallest absolute Gasteiger partial charge is 0.303 e. The molecular formula is C12H23NO4. The quantitative estimate of drug-likeness (QED) is 0.711. The van der Waals surface area contributed by atoms with Crippen LogP contribution in [0.15, 0.2) is 0 Å². The number of aliphatic carboxylic acids is 1. The third-order valence-electron chi connectivity index (χ3n) is 2.26. The lowest BCUT2D eigenvalue weighted by Gasteiger charge is -2.19. The van der Waals surface area contributed by atoms with Crippen LogP contribution in [0.5, 0.6) is 0 Å². The Bertz CT molecular complexity index is 258. The zero-order valence-electron chi connectivity index (χ0n) is 11.1. The van der Waals surface area contributed by atoms with E-state index in [1.807, 2.05) is 27.7 Å². The van der Waals surface area contributed by atoms with E-state index in [9.17, 15) is 9.59 Å². The summed E-state index contributed by atoms with van der Waals surface area (Å²) in [5.41, 5.74) is -0.345. The van der Waals surface area contributed by atoms with Crippen LogP contribution in [0.4, 0.5) is 0 Å². The van der Waals surface area contributed by atoms with Crippen molar-refractivity contribution in [2.45, 2.75) is 46.1 Å². The third kappa shape index (κ3) is 9.81. The molecule has 0 aromatic rings. The van der Waals surface area contributed by atoms with Crippen LogP contribution in [-0.4, -0.2) is 35.7 Å². The molecule has 0 aliphatic carbocycles. The van der Waals surface area contributed by atoms with Gasteiger partial charge in [0.2, 0.25) is 5.91 Å². The molecule has 0 aliphatic rings. The minimum Gasteiger partial charge on any atom is -0.481 e. The Morgan fingerprint density at radius 1 is 1.35 bits per heavy atom. The number of amides is 1. The lowest BCUT2D eigenvalue weighted by molar-refractivity contribution is -0.138. The normalized spacial score (nSPS) is 13.2. The number of carboxylic acid groups (broad SMARTS) is 1. The Morgan fingerprint density at radius 2 is 1.94 bits per heavy atom. The van der Waals surface area contributed by atoms with Gasteiger partial charge < -0.3 is 15.2 Å². The Morgan fingerprint density at radius 3 is 2.35 bits per heavy atom. The third-order valence-corrected chi connectivity index (χ3v) is 2.26. The zero-order chi connectivity index (χ0) is 13.5. The molecule has 100 valence electrons. The molecule has 0 heterocycles. The highest BCUT2D eigenvalue weighted by atomic mass is 16.5. The second-order valence-electron chi connectivity index (χ2n) is 5.08. The Balaban J connectivity index is 3.85. The fourth-order valence-electron chi connectivity index (χ4n) is 1.20. The molecule has 0 rings (SSSR count). The zero-order valence-corrected chi connectivity index (χ0v) is 11.1. The molecular weight excluding hydrogens is 222 g/mol. The van der Waals surface area contributed by atoms with Gasteiger partial charge in [-0.2, -0.15) is 0 Å². The largest absolute Gasteiger partial charge is 0.481 e. The van der Waals surface area contributed by atoms with Crippen molar-refractivity contribution in [2.24, 2.45) is 5.92 Å². The molecule has 5 nitrogen and oxygen atoms in total. The summed E-state index contributed by atoms with van der Waals surface area (Å²) >= 11 is 0. The molecule has 1 amide bonds. The molecule has 0 saturated carbocycles. The van der Waals surface area contributed by atoms with Crippen LogP contribution in [0, 0.1) is 5.92 Å². The van der Waals surface area contributed by atoms with E-state index < -0.39 is 5.97 Å². The molecule has 0 fully saturated rings. The molecule has 5 heteroatoms. The van der Waals surface area contributed by atoms with E-state index in [2.05, 4.69) is 5.32 Å². The summed E-state index contributed by atoms with van der Waals surface area (Å²) in [5, 5.41) is 11.3. The summed E-state index contributed by atoms with van der Waals surface area (Å²) in [7, 11) is 0. The lowest BCUT2D eigenvalue weighted by Crippen LogP contribution is -2.35. The van der Waals surface area contributed by atoms with E-state index >= 15 is 0 Å². The lowest BCUT2D eigenvalue weighted by atomic mass is 10.0. The minimum atomic E-state index is -0.836. The molecule has 0 aromatic heterocycles. The van der Waals surface area contributed by atoms with E-state index in [0.717, 1.165) is 6.42 Å². The monoisotopic (exact) mass is 245 g/mol. The highest BCUT2D eigenvalue weighted by molar-refractivity contribution is 5.77. The average Bonchev–Trinajstić information content (AvgIpc) is 2.19. The van der Waals surface area contributed by atoms with E-state index in [1.54, 1.807) is 0 Å². The van der Waals surface area contributed by atoms with Crippen molar-refractivity contribution in [3.63, 3.8) is 0 Å². The summed E-state index contributed by atoms with van der Waals surface area (Å²) in [6, 6.07) is 0. The SMILES string of the molecule is CCC(CNC(=O)COC(C)(C)C)CC(=O)O. The molecule has 1 atom stereocenters. The molecule has 1 unspecified atom stereocenters. The van der Waals surface area contributed by atoms with Gasteiger partial charge in [-0.25, -0.2) is 0 Å². The van der Waals surface area contributed by atoms with Gasteiger partial charge in [0.05, 0.1) is 5.60 Å². The first kappa shape index (κ1) is 15.9. The van der Waals surface area contributed by atoms with Crippen LogP contribution in [-0.2, 0) is 14.3 Å². The second-order valence-corrected chi connectivity index (χ2v) is 5.08. The van der Waals surface area contributed by atoms with Gasteiger partial charge in [0.25, 0.3) is 0 Å². The maximum Gasteiger partial charge on any atom is 0.303 e. The number of ether oxygens (including phenoxy) is 1. The molecule has 0 aliphatic heterocycles. The summed E-state index contributed by atoms with van der Waals surface area (Å²) in [4.78, 5) is 21.9. The van der Waals surface area contributed by atoms with Gasteiger partial charge >= 0.3 is 5.97 Å². The Labute approximate surface area is 103 Å². The minimum absolute atomic E-state index is 0.00695. The van der Waals surface area contributed by atoms with Gasteiger partial charge in [0.1, 0.15) is 6.61 Å². The van der Waals surface area contributed by atoms with Gasteiger partial charge in [-0.1, -0.05) is 13.3 Å². The first-order valence-corrected chi connectivity index (χ1v) is 5.87. The number of carbonyl (C=O) groups is 2. The fourth-order valence-corrected chi connectivity index (χ4v) is 1.20. The number of rotatable bonds is 7. The maximum absolute atomic E-state index is 11.4. The molecule has 0 spiro atoms. The molecule has 17 heavy (non-hydrogen) atoms. The van der Waals surface area contributed by atoms with E-state index in [4.69, 9.17) is 9.84 Å². The standard InChI is InChI=1S/C12H23NO4/c1-5-9(6-11(15)16)7-13-10(14)8-17-12(2,3)4/h9H,5-8H2,1-4H3,(H,13,14)(H,15,16). The number of carboxylic acids is 1. The second kappa shape index (κ2) is 7.27. The number of hydrogen-bond acceptors (Lipinski definition) is 3. The highest BCUT2D eigenvalue weighted by Gasteiger charge is 2.15. The summed E-state index contributed by atoms with van der Waals surface area (Å²) in [6.45, 7) is 7.92. The predicted octanol–water partition coefficient (Wildman–Crippen LogP) is 1.42. The maximum atomic E-state index is 11.4. The van der Waals surface area contributed by atoms with E-state index in [-0.39, 0.29) is 30.5 Å². The van der Waals surface area contributed by atoms with Crippen LogP contribution >= 0.6 is 0 Å². The van der Waals surface area contributed by atoms with Crippen LogP contribution in [0.3, 0.4) is 0 Å². The number of carbonyl (C=O) groups excluding carboxylic acids is 1. The van der Waals surface area contributed by atoms with Crippen LogP contribution in [0.25, 0.3) is 0 Å². The Kier molecular flexibility index (Phi) is 6.80. The molecule has 0 radical (unpaired) electrons. The van der Waals surface area contributed by atoms with Gasteiger partial charge in [0, 0.05) is 13.0 Å². The molecule has 2 N–H and O–H groups in total.